The molecule has 0 fully saturated rings. The first-order valence-corrected chi connectivity index (χ1v) is 8.24. The molecule has 0 radical (unpaired) electrons. The molecule has 0 saturated heterocycles. The van der Waals surface area contributed by atoms with Crippen molar-refractivity contribution in [2.75, 3.05) is 26.0 Å². The molecule has 2 rings (SSSR count). The number of carbonyl (C=O) groups excluding carboxylic acids is 2. The average molecular weight is 371 g/mol. The van der Waals surface area contributed by atoms with Crippen LogP contribution >= 0.6 is 0 Å². The molecule has 0 atom stereocenters. The molecule has 0 bridgehead atoms. The molecule has 2 aromatic rings. The number of hydrogen-bond acceptors (Lipinski definition) is 6. The summed E-state index contributed by atoms with van der Waals surface area (Å²) in [5, 5.41) is 13.7. The number of benzene rings is 2. The number of esters is 1. The van der Waals surface area contributed by atoms with Crippen molar-refractivity contribution in [2.45, 2.75) is 13.5 Å². The van der Waals surface area contributed by atoms with E-state index in [2.05, 4.69) is 5.32 Å². The highest BCUT2D eigenvalue weighted by atomic mass is 16.6. The van der Waals surface area contributed by atoms with E-state index in [-0.39, 0.29) is 22.8 Å². The topological polar surface area (TPSA) is 102 Å². The van der Waals surface area contributed by atoms with Gasteiger partial charge in [-0.3, -0.25) is 14.9 Å². The quantitative estimate of drug-likeness (QED) is 0.456. The molecular formula is C19H21N3O5. The maximum absolute atomic E-state index is 12.2. The van der Waals surface area contributed by atoms with Crippen LogP contribution in [-0.2, 0) is 16.1 Å². The summed E-state index contributed by atoms with van der Waals surface area (Å²) < 4.78 is 5.00. The van der Waals surface area contributed by atoms with Crippen molar-refractivity contribution in [3.05, 3.63) is 69.3 Å². The van der Waals surface area contributed by atoms with Crippen molar-refractivity contribution >= 4 is 23.3 Å². The van der Waals surface area contributed by atoms with Gasteiger partial charge in [0.2, 0.25) is 0 Å². The van der Waals surface area contributed by atoms with Gasteiger partial charge in [-0.2, -0.15) is 0 Å². The van der Waals surface area contributed by atoms with E-state index in [1.807, 2.05) is 31.2 Å². The molecule has 0 aromatic heterocycles. The third-order valence-electron chi connectivity index (χ3n) is 3.99. The fourth-order valence-corrected chi connectivity index (χ4v) is 2.40. The first kappa shape index (κ1) is 19.9. The number of nitro groups is 1. The zero-order chi connectivity index (χ0) is 20.0. The number of anilines is 1. The van der Waals surface area contributed by atoms with Crippen molar-refractivity contribution in [1.82, 2.24) is 4.90 Å². The number of amides is 1. The van der Waals surface area contributed by atoms with Gasteiger partial charge in [0, 0.05) is 26.7 Å². The van der Waals surface area contributed by atoms with Crippen molar-refractivity contribution < 1.29 is 19.2 Å². The average Bonchev–Trinajstić information content (AvgIpc) is 2.66. The van der Waals surface area contributed by atoms with Gasteiger partial charge in [0.1, 0.15) is 5.69 Å². The molecule has 2 aromatic carbocycles. The van der Waals surface area contributed by atoms with Crippen LogP contribution in [0, 0.1) is 17.0 Å². The highest BCUT2D eigenvalue weighted by Crippen LogP contribution is 2.25. The lowest BCUT2D eigenvalue weighted by atomic mass is 10.1. The number of rotatable bonds is 7. The Bertz CT molecular complexity index is 849. The molecule has 0 aliphatic heterocycles. The number of likely N-dealkylation sites (N-methyl/N-ethyl adjacent to an activating group) is 1. The van der Waals surface area contributed by atoms with Gasteiger partial charge in [-0.25, -0.2) is 4.79 Å². The second kappa shape index (κ2) is 8.79. The van der Waals surface area contributed by atoms with E-state index < -0.39 is 17.5 Å². The molecule has 0 aliphatic rings. The Morgan fingerprint density at radius 1 is 1.19 bits per heavy atom. The molecule has 0 spiro atoms. The highest BCUT2D eigenvalue weighted by Gasteiger charge is 2.19. The summed E-state index contributed by atoms with van der Waals surface area (Å²) >= 11 is 0. The number of nitrogens with zero attached hydrogens (tertiary/aromatic N) is 2. The van der Waals surface area contributed by atoms with Crippen LogP contribution in [0.25, 0.3) is 0 Å². The number of aryl methyl sites for hydroxylation is 1. The Labute approximate surface area is 156 Å². The SMILES string of the molecule is CNc1ccc(C(=O)OCC(=O)N(C)Cc2ccc(C)cc2)cc1[N+](=O)[O-]. The number of hydrogen-bond donors (Lipinski definition) is 1. The fourth-order valence-electron chi connectivity index (χ4n) is 2.40. The molecule has 27 heavy (non-hydrogen) atoms. The second-order valence-electron chi connectivity index (χ2n) is 6.05. The minimum Gasteiger partial charge on any atom is -0.452 e. The van der Waals surface area contributed by atoms with E-state index in [1.165, 1.54) is 17.0 Å². The van der Waals surface area contributed by atoms with Gasteiger partial charge in [0.05, 0.1) is 10.5 Å². The van der Waals surface area contributed by atoms with E-state index >= 15 is 0 Å². The van der Waals surface area contributed by atoms with Crippen molar-refractivity contribution in [1.29, 1.82) is 0 Å². The van der Waals surface area contributed by atoms with Gasteiger partial charge < -0.3 is 15.0 Å². The summed E-state index contributed by atoms with van der Waals surface area (Å²) in [5.74, 6) is -1.16. The van der Waals surface area contributed by atoms with Gasteiger partial charge >= 0.3 is 5.97 Å². The lowest BCUT2D eigenvalue weighted by molar-refractivity contribution is -0.384. The summed E-state index contributed by atoms with van der Waals surface area (Å²) in [7, 11) is 3.16. The van der Waals surface area contributed by atoms with E-state index in [4.69, 9.17) is 4.74 Å². The maximum atomic E-state index is 12.2. The van der Waals surface area contributed by atoms with Crippen molar-refractivity contribution in [2.24, 2.45) is 0 Å². The zero-order valence-corrected chi connectivity index (χ0v) is 15.4. The van der Waals surface area contributed by atoms with Gasteiger partial charge in [0.15, 0.2) is 6.61 Å². The minimum atomic E-state index is -0.794. The van der Waals surface area contributed by atoms with Crippen LogP contribution in [0.3, 0.4) is 0 Å². The molecule has 1 N–H and O–H groups in total. The van der Waals surface area contributed by atoms with E-state index in [9.17, 15) is 19.7 Å². The van der Waals surface area contributed by atoms with Gasteiger partial charge in [-0.15, -0.1) is 0 Å². The normalized spacial score (nSPS) is 10.2. The van der Waals surface area contributed by atoms with Gasteiger partial charge in [0.25, 0.3) is 11.6 Å². The second-order valence-corrected chi connectivity index (χ2v) is 6.05. The van der Waals surface area contributed by atoms with Gasteiger partial charge in [-0.05, 0) is 24.6 Å². The van der Waals surface area contributed by atoms with Crippen LogP contribution in [0.1, 0.15) is 21.5 Å². The lowest BCUT2D eigenvalue weighted by Gasteiger charge is -2.17. The Morgan fingerprint density at radius 3 is 2.44 bits per heavy atom. The Kier molecular flexibility index (Phi) is 6.48. The molecule has 1 amide bonds. The Morgan fingerprint density at radius 2 is 1.85 bits per heavy atom. The molecule has 0 aliphatic carbocycles. The fraction of sp³-hybridized carbons (Fsp3) is 0.263. The summed E-state index contributed by atoms with van der Waals surface area (Å²) in [6.07, 6.45) is 0. The van der Waals surface area contributed by atoms with Crippen molar-refractivity contribution in [3.8, 4) is 0 Å². The third-order valence-corrected chi connectivity index (χ3v) is 3.99. The maximum Gasteiger partial charge on any atom is 0.338 e. The Balaban J connectivity index is 1.96. The summed E-state index contributed by atoms with van der Waals surface area (Å²) in [4.78, 5) is 36.2. The highest BCUT2D eigenvalue weighted by molar-refractivity contribution is 5.93. The number of nitro benzene ring substituents is 1. The largest absolute Gasteiger partial charge is 0.452 e. The summed E-state index contributed by atoms with van der Waals surface area (Å²) in [5.41, 5.74) is 2.14. The molecule has 8 heteroatoms. The van der Waals surface area contributed by atoms with Crippen LogP contribution in [0.4, 0.5) is 11.4 Å². The number of ether oxygens (including phenoxy) is 1. The minimum absolute atomic E-state index is 0.00897. The number of nitrogens with one attached hydrogen (secondary N) is 1. The first-order valence-electron chi connectivity index (χ1n) is 8.24. The smallest absolute Gasteiger partial charge is 0.338 e. The third kappa shape index (κ3) is 5.27. The molecule has 0 saturated carbocycles. The molecule has 0 heterocycles. The molecular weight excluding hydrogens is 350 g/mol. The van der Waals surface area contributed by atoms with Crippen molar-refractivity contribution in [3.63, 3.8) is 0 Å². The van der Waals surface area contributed by atoms with E-state index in [0.717, 1.165) is 17.2 Å². The predicted octanol–water partition coefficient (Wildman–Crippen LogP) is 2.76. The lowest BCUT2D eigenvalue weighted by Crippen LogP contribution is -2.30. The zero-order valence-electron chi connectivity index (χ0n) is 15.4. The molecule has 0 unspecified atom stereocenters. The molecule has 8 nitrogen and oxygen atoms in total. The Hall–Kier alpha value is -3.42. The van der Waals surface area contributed by atoms with Crippen LogP contribution in [0.5, 0.6) is 0 Å². The summed E-state index contributed by atoms with van der Waals surface area (Å²) in [6, 6.07) is 11.7. The first-order chi connectivity index (χ1) is 12.8. The van der Waals surface area contributed by atoms with Gasteiger partial charge in [-0.1, -0.05) is 29.8 Å². The predicted molar refractivity (Wildman–Crippen MR) is 101 cm³/mol. The van der Waals surface area contributed by atoms with E-state index in [0.29, 0.717) is 6.54 Å². The van der Waals surface area contributed by atoms with E-state index in [1.54, 1.807) is 14.1 Å². The monoisotopic (exact) mass is 371 g/mol. The summed E-state index contributed by atoms with van der Waals surface area (Å²) in [6.45, 7) is 1.92. The van der Waals surface area contributed by atoms with Crippen LogP contribution in [0.2, 0.25) is 0 Å². The van der Waals surface area contributed by atoms with Crippen LogP contribution in [-0.4, -0.2) is 42.4 Å². The van der Waals surface area contributed by atoms with Crippen LogP contribution in [0.15, 0.2) is 42.5 Å². The standard InChI is InChI=1S/C19H21N3O5/c1-13-4-6-14(7-5-13)11-21(3)18(23)12-27-19(24)15-8-9-16(20-2)17(10-15)22(25)26/h4-10,20H,11-12H2,1-3H3. The number of carbonyl (C=O) groups is 2. The van der Waals surface area contributed by atoms with Crippen LogP contribution < -0.4 is 5.32 Å². The molecule has 142 valence electrons.